The largest absolute Gasteiger partial charge is 0.417 e. The molecular weight excluding hydrogens is 169 g/mol. The first-order valence-corrected chi connectivity index (χ1v) is 3.08. The molecule has 1 aromatic carbocycles. The fraction of sp³-hybridized carbons (Fsp3) is 0.125. The van der Waals surface area contributed by atoms with Gasteiger partial charge < -0.3 is 0 Å². The third-order valence-electron chi connectivity index (χ3n) is 1.28. The van der Waals surface area contributed by atoms with E-state index in [2.05, 4.69) is 0 Å². The molecule has 1 nitrogen and oxygen atoms in total. The highest BCUT2D eigenvalue weighted by Gasteiger charge is 2.30. The summed E-state index contributed by atoms with van der Waals surface area (Å²) in [4.78, 5) is 10.1. The summed E-state index contributed by atoms with van der Waals surface area (Å²) in [6.45, 7) is 0. The molecule has 0 amide bonds. The van der Waals surface area contributed by atoms with E-state index in [-0.39, 0.29) is 5.56 Å². The van der Waals surface area contributed by atoms with E-state index in [1.807, 2.05) is 6.07 Å². The fourth-order valence-corrected chi connectivity index (χ4v) is 0.686. The third kappa shape index (κ3) is 1.84. The summed E-state index contributed by atoms with van der Waals surface area (Å²) in [6.07, 6.45) is -3.92. The lowest BCUT2D eigenvalue weighted by atomic mass is 10.1. The minimum atomic E-state index is -4.39. The molecule has 0 N–H and O–H groups in total. The van der Waals surface area contributed by atoms with E-state index in [9.17, 15) is 18.0 Å². The minimum Gasteiger partial charge on any atom is -0.298 e. The number of carbonyl (C=O) groups is 1. The predicted molar refractivity (Wildman–Crippen MR) is 35.7 cm³/mol. The Morgan fingerprint density at radius 1 is 1.33 bits per heavy atom. The Morgan fingerprint density at radius 2 is 2.00 bits per heavy atom. The first-order chi connectivity index (χ1) is 5.54. The van der Waals surface area contributed by atoms with E-state index in [4.69, 9.17) is 0 Å². The Hall–Kier alpha value is -1.32. The Morgan fingerprint density at radius 3 is 2.33 bits per heavy atom. The van der Waals surface area contributed by atoms with Crippen LogP contribution in [0.3, 0.4) is 0 Å². The second-order valence-corrected chi connectivity index (χ2v) is 2.15. The van der Waals surface area contributed by atoms with Crippen LogP contribution >= 0.6 is 0 Å². The lowest BCUT2D eigenvalue weighted by molar-refractivity contribution is -0.137. The van der Waals surface area contributed by atoms with E-state index in [0.717, 1.165) is 18.2 Å². The Balaban J connectivity index is 3.00. The Bertz CT molecular complexity index is 273. The first kappa shape index (κ1) is 8.77. The number of hydrogen-bond donors (Lipinski definition) is 0. The van der Waals surface area contributed by atoms with Crippen LogP contribution in [0.5, 0.6) is 0 Å². The highest BCUT2D eigenvalue weighted by molar-refractivity contribution is 5.74. The van der Waals surface area contributed by atoms with Gasteiger partial charge in [0.15, 0.2) is 0 Å². The average molecular weight is 173 g/mol. The van der Waals surface area contributed by atoms with Crippen LogP contribution in [0.2, 0.25) is 0 Å². The molecule has 0 aromatic heterocycles. The summed E-state index contributed by atoms with van der Waals surface area (Å²) in [5.41, 5.74) is -0.684. The van der Waals surface area contributed by atoms with Crippen molar-refractivity contribution in [2.45, 2.75) is 6.18 Å². The Kier molecular flexibility index (Phi) is 2.17. The lowest BCUT2D eigenvalue weighted by Gasteiger charge is -2.04. The number of hydrogen-bond acceptors (Lipinski definition) is 1. The van der Waals surface area contributed by atoms with E-state index >= 15 is 0 Å². The van der Waals surface area contributed by atoms with Crippen molar-refractivity contribution in [3.8, 4) is 0 Å². The van der Waals surface area contributed by atoms with Crippen molar-refractivity contribution in [1.29, 1.82) is 0 Å². The molecule has 0 heterocycles. The van der Waals surface area contributed by atoms with Crippen molar-refractivity contribution in [2.24, 2.45) is 0 Å². The molecule has 63 valence electrons. The molecule has 0 saturated carbocycles. The van der Waals surface area contributed by atoms with Crippen LogP contribution in [0.4, 0.5) is 13.2 Å². The average Bonchev–Trinajstić information content (AvgIpc) is 2.03. The SMILES string of the molecule is O=Cc1c[c]c(C(F)(F)F)cc1. The molecule has 0 aliphatic rings. The van der Waals surface area contributed by atoms with Crippen LogP contribution in [0, 0.1) is 6.07 Å². The standard InChI is InChI=1S/C8H4F3O/c9-8(10,11)7-3-1-6(5-12)2-4-7/h1-3,5H. The molecule has 0 atom stereocenters. The summed E-state index contributed by atoms with van der Waals surface area (Å²) >= 11 is 0. The highest BCUT2D eigenvalue weighted by Crippen LogP contribution is 2.28. The summed E-state index contributed by atoms with van der Waals surface area (Å²) in [5, 5.41) is 0. The van der Waals surface area contributed by atoms with Gasteiger partial charge in [-0.3, -0.25) is 4.79 Å². The van der Waals surface area contributed by atoms with Gasteiger partial charge >= 0.3 is 6.18 Å². The summed E-state index contributed by atoms with van der Waals surface area (Å²) < 4.78 is 35.7. The number of rotatable bonds is 1. The first-order valence-electron chi connectivity index (χ1n) is 3.08. The van der Waals surface area contributed by atoms with Gasteiger partial charge in [-0.1, -0.05) is 6.07 Å². The number of alkyl halides is 3. The van der Waals surface area contributed by atoms with Gasteiger partial charge in [-0.15, -0.1) is 0 Å². The van der Waals surface area contributed by atoms with Gasteiger partial charge in [0.2, 0.25) is 0 Å². The Labute approximate surface area is 66.8 Å². The second-order valence-electron chi connectivity index (χ2n) is 2.15. The normalized spacial score (nSPS) is 11.2. The molecule has 1 rings (SSSR count). The number of carbonyl (C=O) groups excluding carboxylic acids is 1. The molecule has 0 bridgehead atoms. The number of halogens is 3. The highest BCUT2D eigenvalue weighted by atomic mass is 19.4. The van der Waals surface area contributed by atoms with Gasteiger partial charge in [0.05, 0.1) is 5.56 Å². The van der Waals surface area contributed by atoms with Crippen molar-refractivity contribution in [3.63, 3.8) is 0 Å². The van der Waals surface area contributed by atoms with Crippen molar-refractivity contribution in [2.75, 3.05) is 0 Å². The molecule has 0 aliphatic heterocycles. The predicted octanol–water partition coefficient (Wildman–Crippen LogP) is 2.32. The maximum Gasteiger partial charge on any atom is 0.417 e. The van der Waals surface area contributed by atoms with Gasteiger partial charge in [0, 0.05) is 5.56 Å². The monoisotopic (exact) mass is 173 g/mol. The molecule has 1 aromatic rings. The molecule has 0 spiro atoms. The van der Waals surface area contributed by atoms with Crippen LogP contribution < -0.4 is 0 Å². The summed E-state index contributed by atoms with van der Waals surface area (Å²) in [7, 11) is 0. The van der Waals surface area contributed by atoms with Crippen molar-refractivity contribution in [3.05, 3.63) is 35.4 Å². The van der Waals surface area contributed by atoms with Crippen LogP contribution in [0.25, 0.3) is 0 Å². The number of benzene rings is 1. The van der Waals surface area contributed by atoms with Crippen molar-refractivity contribution in [1.82, 2.24) is 0 Å². The van der Waals surface area contributed by atoms with Crippen LogP contribution in [-0.2, 0) is 6.18 Å². The van der Waals surface area contributed by atoms with E-state index in [1.165, 1.54) is 0 Å². The molecule has 0 unspecified atom stereocenters. The molecular formula is C8H4F3O. The smallest absolute Gasteiger partial charge is 0.298 e. The van der Waals surface area contributed by atoms with Crippen LogP contribution in [-0.4, -0.2) is 6.29 Å². The maximum atomic E-state index is 11.9. The van der Waals surface area contributed by atoms with Gasteiger partial charge in [-0.25, -0.2) is 0 Å². The summed E-state index contributed by atoms with van der Waals surface area (Å²) in [6, 6.07) is 4.91. The number of aldehydes is 1. The zero-order valence-corrected chi connectivity index (χ0v) is 5.85. The van der Waals surface area contributed by atoms with Crippen molar-refractivity contribution >= 4 is 6.29 Å². The zero-order valence-electron chi connectivity index (χ0n) is 5.85. The molecule has 0 aliphatic carbocycles. The second kappa shape index (κ2) is 2.97. The van der Waals surface area contributed by atoms with Crippen LogP contribution in [0.15, 0.2) is 18.2 Å². The quantitative estimate of drug-likeness (QED) is 0.595. The topological polar surface area (TPSA) is 17.1 Å². The minimum absolute atomic E-state index is 0.183. The summed E-state index contributed by atoms with van der Waals surface area (Å²) in [5.74, 6) is 0. The molecule has 0 saturated heterocycles. The third-order valence-corrected chi connectivity index (χ3v) is 1.28. The van der Waals surface area contributed by atoms with E-state index < -0.39 is 11.7 Å². The molecule has 0 fully saturated rings. The van der Waals surface area contributed by atoms with E-state index in [1.54, 1.807) is 0 Å². The molecule has 4 heteroatoms. The lowest BCUT2D eigenvalue weighted by Crippen LogP contribution is -2.04. The van der Waals surface area contributed by atoms with Gasteiger partial charge in [0.1, 0.15) is 6.29 Å². The van der Waals surface area contributed by atoms with E-state index in [0.29, 0.717) is 6.29 Å². The molecule has 1 radical (unpaired) electrons. The van der Waals surface area contributed by atoms with Gasteiger partial charge in [-0.2, -0.15) is 13.2 Å². The van der Waals surface area contributed by atoms with Gasteiger partial charge in [0.25, 0.3) is 0 Å². The maximum absolute atomic E-state index is 11.9. The molecule has 12 heavy (non-hydrogen) atoms. The fourth-order valence-electron chi connectivity index (χ4n) is 0.686. The zero-order chi connectivity index (χ0) is 9.19. The van der Waals surface area contributed by atoms with Crippen molar-refractivity contribution < 1.29 is 18.0 Å². The van der Waals surface area contributed by atoms with Crippen LogP contribution in [0.1, 0.15) is 15.9 Å². The van der Waals surface area contributed by atoms with Gasteiger partial charge in [-0.05, 0) is 18.2 Å².